The summed E-state index contributed by atoms with van der Waals surface area (Å²) < 4.78 is 64.9. The van der Waals surface area contributed by atoms with Gasteiger partial charge in [-0.1, -0.05) is 349 Å². The highest BCUT2D eigenvalue weighted by Gasteiger charge is 2.45. The molecule has 136 heavy (non-hydrogen) atoms. The molecule has 8 atom stereocenters. The summed E-state index contributed by atoms with van der Waals surface area (Å²) in [5.41, 5.74) is 16.5. The molecule has 13 heteroatoms. The quantitative estimate of drug-likeness (QED) is 0.0136. The van der Waals surface area contributed by atoms with E-state index in [0.29, 0.717) is 76.7 Å². The second-order valence-electron chi connectivity index (χ2n) is 37.4. The zero-order valence-electron chi connectivity index (χ0n) is 82.7. The first-order valence-electron chi connectivity index (χ1n) is 49.2. The maximum Gasteiger partial charge on any atom is 0.214 e. The number of benzene rings is 14. The molecule has 0 spiro atoms. The number of aromatic hydroxyl groups is 2. The van der Waals surface area contributed by atoms with Crippen molar-refractivity contribution >= 4 is 48.3 Å². The third kappa shape index (κ3) is 30.0. The van der Waals surface area contributed by atoms with Crippen LogP contribution in [0.15, 0.2) is 345 Å². The Morgan fingerprint density at radius 1 is 0.412 bits per heavy atom. The average molecular weight is 1860 g/mol. The van der Waals surface area contributed by atoms with Crippen molar-refractivity contribution in [3.63, 3.8) is 0 Å². The van der Waals surface area contributed by atoms with Crippen LogP contribution < -0.4 is 14.2 Å². The highest BCUT2D eigenvalue weighted by atomic mass is 32.2. The first-order chi connectivity index (χ1) is 65.6. The summed E-state index contributed by atoms with van der Waals surface area (Å²) in [5, 5.41) is 23.1. The molecule has 0 radical (unpaired) electrons. The van der Waals surface area contributed by atoms with Crippen LogP contribution in [0.1, 0.15) is 271 Å². The third-order valence-corrected chi connectivity index (χ3v) is 30.9. The van der Waals surface area contributed by atoms with E-state index in [1.807, 2.05) is 66.7 Å². The number of hydrogen-bond acceptors (Lipinski definition) is 11. The minimum atomic E-state index is -4.41. The second kappa shape index (κ2) is 52.1. The van der Waals surface area contributed by atoms with Crippen LogP contribution in [0.5, 0.6) is 28.7 Å². The summed E-state index contributed by atoms with van der Waals surface area (Å²) in [6, 6.07) is 114. The zero-order valence-corrected chi connectivity index (χ0v) is 84.4. The molecular formula is C123H144O11S2. The largest absolute Gasteiger partial charge is 0.744 e. The van der Waals surface area contributed by atoms with Gasteiger partial charge in [-0.25, -0.2) is 8.42 Å². The van der Waals surface area contributed by atoms with Gasteiger partial charge in [0.2, 0.25) is 18.4 Å². The van der Waals surface area contributed by atoms with E-state index in [9.17, 15) is 17.8 Å². The molecule has 2 fully saturated rings. The number of ether oxygens (including phenoxy) is 5. The van der Waals surface area contributed by atoms with E-state index in [1.54, 1.807) is 24.3 Å². The zero-order chi connectivity index (χ0) is 97.2. The van der Waals surface area contributed by atoms with Crippen LogP contribution in [0.2, 0.25) is 0 Å². The molecule has 8 unspecified atom stereocenters. The molecule has 14 aromatic rings. The van der Waals surface area contributed by atoms with E-state index < -0.39 is 21.8 Å². The van der Waals surface area contributed by atoms with Gasteiger partial charge in [0.1, 0.15) is 57.0 Å². The molecule has 14 aromatic carbocycles. The lowest BCUT2D eigenvalue weighted by atomic mass is 9.68. The van der Waals surface area contributed by atoms with Gasteiger partial charge in [-0.15, -0.1) is 0 Å². The van der Waals surface area contributed by atoms with Gasteiger partial charge in [-0.2, -0.15) is 0 Å². The predicted molar refractivity (Wildman–Crippen MR) is 567 cm³/mol. The van der Waals surface area contributed by atoms with E-state index in [0.717, 1.165) is 73.1 Å². The Kier molecular flexibility index (Phi) is 40.2. The third-order valence-electron chi connectivity index (χ3n) is 27.2. The second-order valence-corrected chi connectivity index (χ2v) is 41.3. The standard InChI is InChI=1S/C41H40O2.C32H40O2.C17H20O4S.C13H17OS.2C10H14O/c1-5-29(2)30-21-25-36(26-22-30)43-40(41(3,4)35-23-19-32(20-24-35)31-13-7-6-8-14-31)42-28-39-37-17-11-9-15-33(37)27-34-16-10-12-18-38(34)39;1-5-25(4)26-16-20-30(21-17-26)34-31(33-24(2)3)32(22-10-7-11-23-32)29-18-14-28(15-19-29)27-12-8-6-9-13-27;1-3-13(2)15-6-4-14(5-7-15)12-21-16-8-10-17(11-9-16)22(18,19)20;1-11(15-9-5-6-10-15)13(14)12-7-3-2-4-8-12;2*1-3-8(2)9-4-6-10(11)7-5-9/h6-27,29,40H,5,28H2,1-4H3;6,8-9,12-21,24-25,31H,5,7,10-11,22-23H2,1-4H3;4-11,13H,3,12H2,1-2H3,(H,18,19,20);2-4,7-8,11H,5-6,9-10H2,1H3;2*4-8,11H,3H2,1-2H3/q;;;+1;;/p-1. The number of phenols is 2. The summed E-state index contributed by atoms with van der Waals surface area (Å²) in [6.07, 6.45) is 13.4. The fourth-order valence-corrected chi connectivity index (χ4v) is 20.2. The normalized spacial score (nSPS) is 14.8. The van der Waals surface area contributed by atoms with Crippen molar-refractivity contribution < 1.29 is 51.7 Å². The van der Waals surface area contributed by atoms with Crippen LogP contribution >= 0.6 is 0 Å². The number of fused-ring (bicyclic) bond motifs is 2. The number of carbonyl (C=O) groups is 1. The van der Waals surface area contributed by atoms with Gasteiger partial charge in [0.05, 0.1) is 28.4 Å². The minimum Gasteiger partial charge on any atom is -0.744 e. The van der Waals surface area contributed by atoms with Crippen molar-refractivity contribution in [3.8, 4) is 51.0 Å². The molecule has 2 aliphatic rings. The van der Waals surface area contributed by atoms with Gasteiger partial charge in [-0.3, -0.25) is 4.79 Å². The van der Waals surface area contributed by atoms with Gasteiger partial charge in [0.25, 0.3) is 0 Å². The average Bonchev–Trinajstić information content (AvgIpc) is 0.846. The SMILES string of the molecule is CC(C(=O)c1ccccc1)[S+]1CCCC1.CCC(C)c1ccc(COc2ccc(S(=O)(=O)[O-])cc2)cc1.CCC(C)c1ccc(O)cc1.CCC(C)c1ccc(O)cc1.CCC(C)c1ccc(OC(OC(C)C)C2(c3ccc(-c4ccccc4)cc3)CCCCC2)cc1.CCC(C)c1ccc(OC(OCc2c3ccccc3cc3ccccc23)C(C)(C)c2ccc(-c3ccccc3)cc2)cc1. The Labute approximate surface area is 815 Å². The van der Waals surface area contributed by atoms with Gasteiger partial charge in [-0.05, 0) is 306 Å². The molecule has 1 saturated heterocycles. The van der Waals surface area contributed by atoms with Crippen molar-refractivity contribution in [2.24, 2.45) is 0 Å². The Morgan fingerprint density at radius 2 is 0.787 bits per heavy atom. The van der Waals surface area contributed by atoms with Crippen molar-refractivity contribution in [1.82, 2.24) is 0 Å². The number of carbonyl (C=O) groups excluding carboxylic acids is 1. The highest BCUT2D eigenvalue weighted by molar-refractivity contribution is 7.98. The summed E-state index contributed by atoms with van der Waals surface area (Å²) in [6.45, 7) is 33.6. The first-order valence-corrected chi connectivity index (χ1v) is 52.3. The monoisotopic (exact) mass is 1860 g/mol. The molecule has 714 valence electrons. The predicted octanol–water partition coefficient (Wildman–Crippen LogP) is 32.1. The van der Waals surface area contributed by atoms with E-state index >= 15 is 0 Å². The maximum atomic E-state index is 12.1. The molecule has 1 aliphatic heterocycles. The topological polar surface area (TPSA) is 161 Å². The van der Waals surface area contributed by atoms with Crippen molar-refractivity contribution in [2.75, 3.05) is 11.5 Å². The van der Waals surface area contributed by atoms with Gasteiger partial charge >= 0.3 is 0 Å². The molecule has 1 heterocycles. The van der Waals surface area contributed by atoms with E-state index in [4.69, 9.17) is 33.9 Å². The van der Waals surface area contributed by atoms with Gasteiger partial charge in [0, 0.05) is 5.56 Å². The number of phenolic OH excluding ortho intramolecular Hbond substituents is 2. The fourth-order valence-electron chi connectivity index (χ4n) is 17.3. The molecule has 1 aliphatic carbocycles. The molecule has 16 rings (SSSR count). The van der Waals surface area contributed by atoms with Crippen LogP contribution in [0, 0.1) is 0 Å². The lowest BCUT2D eigenvalue weighted by molar-refractivity contribution is -0.159. The van der Waals surface area contributed by atoms with Crippen LogP contribution in [0.25, 0.3) is 43.8 Å². The van der Waals surface area contributed by atoms with Crippen LogP contribution in [-0.4, -0.2) is 64.4 Å². The van der Waals surface area contributed by atoms with E-state index in [-0.39, 0.29) is 28.0 Å². The maximum absolute atomic E-state index is 12.1. The Hall–Kier alpha value is -11.6. The number of ketones is 1. The van der Waals surface area contributed by atoms with E-state index in [2.05, 4.69) is 328 Å². The number of hydrogen-bond donors (Lipinski definition) is 2. The molecule has 2 N–H and O–H groups in total. The van der Waals surface area contributed by atoms with Crippen molar-refractivity contribution in [2.45, 2.75) is 263 Å². The van der Waals surface area contributed by atoms with E-state index in [1.165, 1.54) is 151 Å². The van der Waals surface area contributed by atoms with Crippen LogP contribution in [-0.2, 0) is 54.5 Å². The Bertz CT molecular complexity index is 5880. The molecule has 0 aromatic heterocycles. The van der Waals surface area contributed by atoms with Crippen LogP contribution in [0.3, 0.4) is 0 Å². The fraction of sp³-hybridized carbons (Fsp3) is 0.341. The van der Waals surface area contributed by atoms with Gasteiger partial charge < -0.3 is 38.5 Å². The highest BCUT2D eigenvalue weighted by Crippen LogP contribution is 2.46. The summed E-state index contributed by atoms with van der Waals surface area (Å²) in [4.78, 5) is 11.9. The van der Waals surface area contributed by atoms with Crippen LogP contribution in [0.4, 0.5) is 0 Å². The molecule has 0 amide bonds. The lowest BCUT2D eigenvalue weighted by Gasteiger charge is -2.44. The smallest absolute Gasteiger partial charge is 0.214 e. The molecule has 11 nitrogen and oxygen atoms in total. The Balaban J connectivity index is 0.000000169. The molecular weight excluding hydrogens is 1720 g/mol. The Morgan fingerprint density at radius 3 is 1.21 bits per heavy atom. The summed E-state index contributed by atoms with van der Waals surface area (Å²) in [5.74, 6) is 8.58. The lowest BCUT2D eigenvalue weighted by Crippen LogP contribution is -2.47. The molecule has 0 bridgehead atoms. The van der Waals surface area contributed by atoms with Crippen molar-refractivity contribution in [3.05, 3.63) is 395 Å². The van der Waals surface area contributed by atoms with Crippen molar-refractivity contribution in [1.29, 1.82) is 0 Å². The van der Waals surface area contributed by atoms with Gasteiger partial charge in [0.15, 0.2) is 5.25 Å². The first kappa shape index (κ1) is 105. The minimum absolute atomic E-state index is 0.0896. The summed E-state index contributed by atoms with van der Waals surface area (Å²) in [7, 11) is -4.06. The number of rotatable bonds is 32. The molecule has 1 saturated carbocycles. The number of Topliss-reactive ketones (excluding diaryl/α,β-unsaturated/α-hetero) is 1. The summed E-state index contributed by atoms with van der Waals surface area (Å²) >= 11 is 0.